The number of hydrogen-bond acceptors (Lipinski definition) is 5. The van der Waals surface area contributed by atoms with Gasteiger partial charge in [0.15, 0.2) is 5.65 Å². The molecule has 19 heavy (non-hydrogen) atoms. The number of nitrogens with one attached hydrogen (secondary N) is 2. The lowest BCUT2D eigenvalue weighted by molar-refractivity contribution is 0.500. The number of furan rings is 1. The number of fused-ring (bicyclic) bond motifs is 1. The Kier molecular flexibility index (Phi) is 2.70. The van der Waals surface area contributed by atoms with Gasteiger partial charge in [0.2, 0.25) is 0 Å². The number of aromatic nitrogens is 4. The van der Waals surface area contributed by atoms with Gasteiger partial charge < -0.3 is 9.73 Å². The molecule has 0 fully saturated rings. The van der Waals surface area contributed by atoms with Crippen molar-refractivity contribution >= 4 is 16.9 Å². The Labute approximate surface area is 110 Å². The molecular formula is C13H15N5O. The minimum Gasteiger partial charge on any atom is -0.466 e. The zero-order valence-corrected chi connectivity index (χ0v) is 11.1. The molecule has 3 heterocycles. The maximum Gasteiger partial charge on any atom is 0.160 e. The van der Waals surface area contributed by atoms with Crippen molar-refractivity contribution in [1.82, 2.24) is 20.2 Å². The monoisotopic (exact) mass is 257 g/mol. The van der Waals surface area contributed by atoms with Crippen LogP contribution in [0.3, 0.4) is 0 Å². The van der Waals surface area contributed by atoms with Gasteiger partial charge in [-0.2, -0.15) is 5.10 Å². The molecule has 0 aromatic carbocycles. The molecular weight excluding hydrogens is 242 g/mol. The molecule has 0 spiro atoms. The van der Waals surface area contributed by atoms with Crippen LogP contribution in [0.5, 0.6) is 0 Å². The fraction of sp³-hybridized carbons (Fsp3) is 0.308. The van der Waals surface area contributed by atoms with Gasteiger partial charge in [-0.25, -0.2) is 9.97 Å². The summed E-state index contributed by atoms with van der Waals surface area (Å²) in [6.45, 7) is 5.99. The Morgan fingerprint density at radius 3 is 2.89 bits per heavy atom. The van der Waals surface area contributed by atoms with Crippen LogP contribution < -0.4 is 5.32 Å². The van der Waals surface area contributed by atoms with Crippen LogP contribution in [0, 0.1) is 13.8 Å². The smallest absolute Gasteiger partial charge is 0.160 e. The highest BCUT2D eigenvalue weighted by molar-refractivity contribution is 5.85. The number of nitrogens with zero attached hydrogens (tertiary/aromatic N) is 3. The van der Waals surface area contributed by atoms with Crippen LogP contribution in [0.4, 0.5) is 5.82 Å². The lowest BCUT2D eigenvalue weighted by Crippen LogP contribution is -2.08. The summed E-state index contributed by atoms with van der Waals surface area (Å²) in [7, 11) is 0. The van der Waals surface area contributed by atoms with Gasteiger partial charge >= 0.3 is 0 Å². The summed E-state index contributed by atoms with van der Waals surface area (Å²) in [5, 5.41) is 11.1. The number of rotatable bonds is 3. The number of anilines is 1. The molecule has 3 rings (SSSR count). The molecule has 0 bridgehead atoms. The van der Waals surface area contributed by atoms with Crippen LogP contribution in [-0.2, 0) is 0 Å². The van der Waals surface area contributed by atoms with E-state index in [0.29, 0.717) is 0 Å². The highest BCUT2D eigenvalue weighted by Gasteiger charge is 2.14. The third kappa shape index (κ3) is 2.05. The summed E-state index contributed by atoms with van der Waals surface area (Å²) in [4.78, 5) is 8.38. The zero-order chi connectivity index (χ0) is 13.4. The van der Waals surface area contributed by atoms with E-state index in [-0.39, 0.29) is 6.04 Å². The van der Waals surface area contributed by atoms with Gasteiger partial charge in [0.25, 0.3) is 0 Å². The molecule has 1 atom stereocenters. The molecule has 0 radical (unpaired) electrons. The largest absolute Gasteiger partial charge is 0.466 e. The fourth-order valence-electron chi connectivity index (χ4n) is 2.24. The van der Waals surface area contributed by atoms with Crippen LogP contribution in [0.15, 0.2) is 23.0 Å². The van der Waals surface area contributed by atoms with Crippen LogP contribution in [0.1, 0.15) is 30.0 Å². The molecule has 0 aliphatic rings. The van der Waals surface area contributed by atoms with Crippen molar-refractivity contribution in [3.63, 3.8) is 0 Å². The van der Waals surface area contributed by atoms with Gasteiger partial charge in [-0.1, -0.05) is 0 Å². The summed E-state index contributed by atoms with van der Waals surface area (Å²) in [5.41, 5.74) is 1.86. The highest BCUT2D eigenvalue weighted by atomic mass is 16.3. The topological polar surface area (TPSA) is 79.6 Å². The number of aromatic amines is 1. The molecule has 0 amide bonds. The normalized spacial score (nSPS) is 12.8. The molecule has 0 aliphatic heterocycles. The quantitative estimate of drug-likeness (QED) is 0.754. The van der Waals surface area contributed by atoms with Crippen molar-refractivity contribution in [2.24, 2.45) is 0 Å². The Bertz CT molecular complexity index is 715. The molecule has 3 aromatic heterocycles. The van der Waals surface area contributed by atoms with Crippen molar-refractivity contribution in [1.29, 1.82) is 0 Å². The van der Waals surface area contributed by atoms with Crippen molar-refractivity contribution in [3.8, 4) is 0 Å². The van der Waals surface area contributed by atoms with Gasteiger partial charge in [0.05, 0.1) is 17.6 Å². The Balaban J connectivity index is 1.92. The van der Waals surface area contributed by atoms with E-state index < -0.39 is 0 Å². The summed E-state index contributed by atoms with van der Waals surface area (Å²) < 4.78 is 5.55. The second kappa shape index (κ2) is 4.38. The van der Waals surface area contributed by atoms with E-state index in [1.807, 2.05) is 19.9 Å². The summed E-state index contributed by atoms with van der Waals surface area (Å²) in [6.07, 6.45) is 3.24. The molecule has 6 heteroatoms. The van der Waals surface area contributed by atoms with E-state index in [1.54, 1.807) is 6.20 Å². The van der Waals surface area contributed by atoms with Crippen LogP contribution in [0.2, 0.25) is 0 Å². The van der Waals surface area contributed by atoms with Crippen molar-refractivity contribution in [2.75, 3.05) is 5.32 Å². The zero-order valence-electron chi connectivity index (χ0n) is 11.1. The number of aryl methyl sites for hydroxylation is 2. The third-order valence-corrected chi connectivity index (χ3v) is 3.15. The fourth-order valence-corrected chi connectivity index (χ4v) is 2.24. The highest BCUT2D eigenvalue weighted by Crippen LogP contribution is 2.26. The average molecular weight is 257 g/mol. The molecule has 0 saturated carbocycles. The second-order valence-corrected chi connectivity index (χ2v) is 4.59. The standard InChI is InChI=1S/C13H15N5O/c1-7-4-10(9(3)19-7)8(2)17-12-11-5-16-18-13(11)15-6-14-12/h4-6,8H,1-3H3,(H2,14,15,16,17,18)/t8-/m0/s1. The maximum atomic E-state index is 5.55. The van der Waals surface area contributed by atoms with Crippen molar-refractivity contribution < 1.29 is 4.42 Å². The maximum absolute atomic E-state index is 5.55. The minimum absolute atomic E-state index is 0.102. The van der Waals surface area contributed by atoms with E-state index in [0.717, 1.165) is 33.9 Å². The molecule has 0 saturated heterocycles. The molecule has 3 aromatic rings. The number of hydrogen-bond donors (Lipinski definition) is 2. The summed E-state index contributed by atoms with van der Waals surface area (Å²) in [6, 6.07) is 2.14. The van der Waals surface area contributed by atoms with Gasteiger partial charge in [0.1, 0.15) is 23.7 Å². The lowest BCUT2D eigenvalue weighted by atomic mass is 10.1. The van der Waals surface area contributed by atoms with Gasteiger partial charge in [-0.3, -0.25) is 5.10 Å². The van der Waals surface area contributed by atoms with E-state index in [1.165, 1.54) is 6.33 Å². The molecule has 0 unspecified atom stereocenters. The predicted molar refractivity (Wildman–Crippen MR) is 71.9 cm³/mol. The summed E-state index contributed by atoms with van der Waals surface area (Å²) in [5.74, 6) is 2.61. The molecule has 6 nitrogen and oxygen atoms in total. The second-order valence-electron chi connectivity index (χ2n) is 4.59. The summed E-state index contributed by atoms with van der Waals surface area (Å²) >= 11 is 0. The van der Waals surface area contributed by atoms with Gasteiger partial charge in [-0.05, 0) is 26.8 Å². The van der Waals surface area contributed by atoms with Gasteiger partial charge in [-0.15, -0.1) is 0 Å². The van der Waals surface area contributed by atoms with E-state index in [2.05, 4.69) is 32.4 Å². The van der Waals surface area contributed by atoms with Crippen LogP contribution in [-0.4, -0.2) is 20.2 Å². The predicted octanol–water partition coefficient (Wildman–Crippen LogP) is 2.74. The van der Waals surface area contributed by atoms with Crippen LogP contribution in [0.25, 0.3) is 11.0 Å². The lowest BCUT2D eigenvalue weighted by Gasteiger charge is -2.14. The first-order valence-electron chi connectivity index (χ1n) is 6.12. The SMILES string of the molecule is Cc1cc([C@H](C)Nc2ncnc3[nH]ncc23)c(C)o1. The van der Waals surface area contributed by atoms with Crippen molar-refractivity contribution in [2.45, 2.75) is 26.8 Å². The first-order valence-corrected chi connectivity index (χ1v) is 6.12. The van der Waals surface area contributed by atoms with Crippen LogP contribution >= 0.6 is 0 Å². The minimum atomic E-state index is 0.102. The number of H-pyrrole nitrogens is 1. The first kappa shape index (κ1) is 11.7. The van der Waals surface area contributed by atoms with E-state index >= 15 is 0 Å². The van der Waals surface area contributed by atoms with Gasteiger partial charge in [0, 0.05) is 5.56 Å². The van der Waals surface area contributed by atoms with E-state index in [4.69, 9.17) is 4.42 Å². The third-order valence-electron chi connectivity index (χ3n) is 3.15. The molecule has 0 aliphatic carbocycles. The van der Waals surface area contributed by atoms with Crippen molar-refractivity contribution in [3.05, 3.63) is 35.7 Å². The first-order chi connectivity index (χ1) is 9.15. The Morgan fingerprint density at radius 2 is 2.16 bits per heavy atom. The van der Waals surface area contributed by atoms with E-state index in [9.17, 15) is 0 Å². The molecule has 98 valence electrons. The Hall–Kier alpha value is -2.37. The average Bonchev–Trinajstić information content (AvgIpc) is 2.96. The Morgan fingerprint density at radius 1 is 1.32 bits per heavy atom. The molecule has 2 N–H and O–H groups in total.